The second-order valence-electron chi connectivity index (χ2n) is 10.4. The molecule has 0 N–H and O–H groups in total. The average molecular weight is 629 g/mol. The van der Waals surface area contributed by atoms with E-state index in [4.69, 9.17) is 26.3 Å². The van der Waals surface area contributed by atoms with Crippen LogP contribution >= 0.6 is 0 Å². The van der Waals surface area contributed by atoms with E-state index in [9.17, 15) is 19.2 Å². The number of benzene rings is 8. The summed E-state index contributed by atoms with van der Waals surface area (Å²) in [5.74, 6) is -3.23. The van der Waals surface area contributed by atoms with Gasteiger partial charge in [-0.25, -0.2) is 0 Å². The summed E-state index contributed by atoms with van der Waals surface area (Å²) in [6.45, 7) is -3.55. The van der Waals surface area contributed by atoms with Crippen LogP contribution in [0.25, 0.3) is 88.0 Å². The zero-order valence-electron chi connectivity index (χ0n) is 53.4. The second-order valence-corrected chi connectivity index (χ2v) is 10.4. The fourth-order valence-corrected chi connectivity index (χ4v) is 5.87. The van der Waals surface area contributed by atoms with Crippen LogP contribution in [0.2, 0.25) is 0 Å². The molecule has 0 radical (unpaired) electrons. The van der Waals surface area contributed by atoms with Crippen LogP contribution in [0.1, 0.15) is 65.0 Å². The van der Waals surface area contributed by atoms with Crippen molar-refractivity contribution in [3.8, 4) is 44.5 Å². The van der Waals surface area contributed by atoms with Gasteiger partial charge in [0.25, 0.3) is 0 Å². The Morgan fingerprint density at radius 2 is 1.00 bits per heavy atom. The Morgan fingerprint density at radius 1 is 0.447 bits per heavy atom. The molecule has 1 heteroatoms. The molecule has 0 bridgehead atoms. The van der Waals surface area contributed by atoms with Crippen LogP contribution in [0.3, 0.4) is 0 Å². The van der Waals surface area contributed by atoms with Crippen molar-refractivity contribution >= 4 is 43.5 Å². The van der Waals surface area contributed by atoms with Gasteiger partial charge >= 0.3 is 0 Å². The van der Waals surface area contributed by atoms with E-state index >= 15 is 0 Å². The van der Waals surface area contributed by atoms with E-state index in [1.165, 1.54) is 0 Å². The smallest absolute Gasteiger partial charge is 0.135 e. The van der Waals surface area contributed by atoms with Gasteiger partial charge in [0, 0.05) is 22.1 Å². The highest BCUT2D eigenvalue weighted by Gasteiger charge is 2.25. The molecule has 1 heterocycles. The summed E-state index contributed by atoms with van der Waals surface area (Å²) in [7, 11) is 0. The third kappa shape index (κ3) is 3.90. The normalized spacial score (nSPS) is 24.7. The highest BCUT2D eigenvalue weighted by Crippen LogP contribution is 2.47. The zero-order valence-corrected chi connectivity index (χ0v) is 23.4. The summed E-state index contributed by atoms with van der Waals surface area (Å²) in [5.41, 5.74) is -9.74. The van der Waals surface area contributed by atoms with Crippen LogP contribution in [-0.2, 0) is 0 Å². The van der Waals surface area contributed by atoms with Crippen LogP contribution in [0.5, 0.6) is 0 Å². The van der Waals surface area contributed by atoms with Crippen molar-refractivity contribution in [2.24, 2.45) is 0 Å². The highest BCUT2D eigenvalue weighted by atomic mass is 16.3. The van der Waals surface area contributed by atoms with Gasteiger partial charge in [-0.3, -0.25) is 0 Å². The Morgan fingerprint density at radius 3 is 1.74 bits per heavy atom. The van der Waals surface area contributed by atoms with Gasteiger partial charge in [0.05, 0.1) is 35.6 Å². The maximum atomic E-state index is 9.90. The lowest BCUT2D eigenvalue weighted by Gasteiger charge is -2.18. The van der Waals surface area contributed by atoms with Crippen LogP contribution in [0, 0.1) is 0 Å². The third-order valence-electron chi connectivity index (χ3n) is 7.89. The maximum absolute atomic E-state index is 9.90. The molecule has 0 saturated heterocycles. The van der Waals surface area contributed by atoms with E-state index in [0.717, 1.165) is 0 Å². The number of hydrogen-bond acceptors (Lipinski definition) is 1. The zero-order chi connectivity index (χ0) is 57.1. The average Bonchev–Trinajstić information content (AvgIpc) is 4.04. The first-order valence-electron chi connectivity index (χ1n) is 28.9. The predicted molar refractivity (Wildman–Crippen MR) is 198 cm³/mol. The minimum absolute atomic E-state index is 0.455. The molecule has 0 saturated carbocycles. The molecule has 0 spiro atoms. The molecular weight excluding hydrogens is 569 g/mol. The molecule has 0 fully saturated rings. The largest absolute Gasteiger partial charge is 0.456 e. The van der Waals surface area contributed by atoms with Crippen LogP contribution in [-0.4, -0.2) is 0 Å². The molecule has 8 aromatic carbocycles. The topological polar surface area (TPSA) is 13.1 Å². The first kappa shape index (κ1) is 10.3. The second kappa shape index (κ2) is 10.0. The minimum atomic E-state index is -3.55. The Hall–Kier alpha value is -5.92. The Kier molecular flexibility index (Phi) is 2.20. The van der Waals surface area contributed by atoms with Crippen molar-refractivity contribution in [1.29, 1.82) is 0 Å². The van der Waals surface area contributed by atoms with Crippen molar-refractivity contribution < 1.29 is 45.5 Å². The third-order valence-corrected chi connectivity index (χ3v) is 7.89. The first-order valence-corrected chi connectivity index (χ1v) is 13.9. The molecule has 1 atom stereocenters. The summed E-state index contributed by atoms with van der Waals surface area (Å²) in [6.07, 6.45) is 0. The Balaban J connectivity index is 1.46. The van der Waals surface area contributed by atoms with Gasteiger partial charge in [-0.2, -0.15) is 0 Å². The van der Waals surface area contributed by atoms with Crippen LogP contribution in [0.15, 0.2) is 162 Å². The van der Waals surface area contributed by atoms with Crippen molar-refractivity contribution in [2.45, 2.75) is 12.7 Å². The SMILES string of the molecule is [2H]c1c([2H])c(-c2c([2H])c([2H])c3c(c2[2H])-c2c([2H])c([2H])c([2H])c([2H])c2C3([2H])C([2H])([2H])[2H])c([2H])c(-c2c3c([2H])c([2H])c([2H])c([2H])c3c(-c3c([2H])c([2H])c4oc5c([2H])c([2H])c([2H])c([2H])c5c4c3[2H])c3c([2H])c([2H])c([2H])c([2H])c23)c1[2H]. The number of fused-ring (bicyclic) bond motifs is 8. The summed E-state index contributed by atoms with van der Waals surface area (Å²) >= 11 is 0. The van der Waals surface area contributed by atoms with E-state index in [1.54, 1.807) is 0 Å². The van der Waals surface area contributed by atoms with Crippen LogP contribution < -0.4 is 0 Å². The lowest BCUT2D eigenvalue weighted by atomic mass is 9.85. The van der Waals surface area contributed by atoms with Crippen molar-refractivity contribution in [1.82, 2.24) is 0 Å². The van der Waals surface area contributed by atoms with Gasteiger partial charge in [-0.15, -0.1) is 0 Å². The van der Waals surface area contributed by atoms with E-state index in [0.29, 0.717) is 0 Å². The molecule has 1 nitrogen and oxygen atoms in total. The maximum Gasteiger partial charge on any atom is 0.135 e. The number of furan rings is 1. The number of hydrogen-bond donors (Lipinski definition) is 0. The van der Waals surface area contributed by atoms with E-state index in [-0.39, 0.29) is 0 Å². The van der Waals surface area contributed by atoms with Gasteiger partial charge in [-0.1, -0.05) is 134 Å². The number of rotatable bonds is 3. The quantitative estimate of drug-likeness (QED) is 0.177. The number of para-hydroxylation sites is 1. The highest BCUT2D eigenvalue weighted by molar-refractivity contribution is 6.22. The summed E-state index contributed by atoms with van der Waals surface area (Å²) < 4.78 is 276. The molecule has 1 aliphatic carbocycles. The molecule has 1 aliphatic rings. The summed E-state index contributed by atoms with van der Waals surface area (Å²) in [6, 6.07) is -26.1. The Labute approximate surface area is 315 Å². The molecule has 1 unspecified atom stereocenters. The summed E-state index contributed by atoms with van der Waals surface area (Å²) in [4.78, 5) is 0. The molecular formula is C46H30O. The fraction of sp³-hybridized carbons (Fsp3) is 0.0435. The van der Waals surface area contributed by atoms with Crippen LogP contribution in [0.4, 0.5) is 0 Å². The monoisotopic (exact) mass is 628 g/mol. The minimum Gasteiger partial charge on any atom is -0.456 e. The molecule has 1 aromatic heterocycles. The molecule has 0 aliphatic heterocycles. The molecule has 47 heavy (non-hydrogen) atoms. The van der Waals surface area contributed by atoms with Gasteiger partial charge in [0.2, 0.25) is 0 Å². The van der Waals surface area contributed by atoms with Gasteiger partial charge < -0.3 is 4.42 Å². The van der Waals surface area contributed by atoms with Gasteiger partial charge in [0.15, 0.2) is 0 Å². The van der Waals surface area contributed by atoms with Crippen molar-refractivity contribution in [3.05, 3.63) is 168 Å². The summed E-state index contributed by atoms with van der Waals surface area (Å²) in [5, 5.41) is -4.15. The molecule has 10 rings (SSSR count). The molecule has 220 valence electrons. The Bertz CT molecular complexity index is 4260. The standard InChI is InChI=1S/C46H30O/c1-28-33-13-2-3-14-35(33)41-26-30(21-23-34(28)41)29-11-10-12-31(25-29)45-37-16-4-6-18-39(37)46(40-19-7-5-17-38(40)45)32-22-24-44-42(27-32)36-15-8-9-20-43(36)47-44/h2-28H,1H3/i1D3,2D,3D,4D,5D,6D,7D,8D,9D,10D,11D,12D,13D,14D,15D,16D,17D,18D,19D,20D,21D,22D,23D,24D,25D,26D,27D,28D. The first-order chi connectivity index (χ1) is 35.7. The van der Waals surface area contributed by atoms with Gasteiger partial charge in [-0.05, 0) is 107 Å². The molecule has 9 aromatic rings. The van der Waals surface area contributed by atoms with E-state index in [2.05, 4.69) is 0 Å². The predicted octanol–water partition coefficient (Wildman–Crippen LogP) is 13.0. The van der Waals surface area contributed by atoms with E-state index in [1.807, 2.05) is 0 Å². The van der Waals surface area contributed by atoms with Gasteiger partial charge in [0.1, 0.15) is 11.2 Å². The van der Waals surface area contributed by atoms with Crippen molar-refractivity contribution in [3.63, 3.8) is 0 Å². The molecule has 0 amide bonds. The fourth-order valence-electron chi connectivity index (χ4n) is 5.87. The van der Waals surface area contributed by atoms with E-state index < -0.39 is 269 Å². The lowest BCUT2D eigenvalue weighted by Crippen LogP contribution is -1.91. The van der Waals surface area contributed by atoms with Crippen molar-refractivity contribution in [2.75, 3.05) is 0 Å². The lowest BCUT2D eigenvalue weighted by molar-refractivity contribution is 0.669.